The molecule has 0 heterocycles. The molecule has 0 spiro atoms. The van der Waals surface area contributed by atoms with Crippen molar-refractivity contribution in [3.63, 3.8) is 0 Å². The first-order valence-electron chi connectivity index (χ1n) is 5.81. The summed E-state index contributed by atoms with van der Waals surface area (Å²) in [6.45, 7) is 0. The monoisotopic (exact) mass is 316 g/mol. The van der Waals surface area contributed by atoms with Gasteiger partial charge in [0, 0.05) is 6.07 Å². The first kappa shape index (κ1) is 15.6. The molecule has 2 aromatic rings. The van der Waals surface area contributed by atoms with Crippen LogP contribution in [0.25, 0.3) is 0 Å². The molecule has 0 saturated carbocycles. The number of alkyl halides is 3. The lowest BCUT2D eigenvalue weighted by atomic mass is 10.2. The predicted molar refractivity (Wildman–Crippen MR) is 66.1 cm³/mol. The zero-order chi connectivity index (χ0) is 16.3. The number of hydrogen-bond acceptors (Lipinski definition) is 4. The molecule has 0 saturated heterocycles. The maximum absolute atomic E-state index is 13.4. The molecule has 0 bridgehead atoms. The third-order valence-corrected chi connectivity index (χ3v) is 2.44. The Morgan fingerprint density at radius 2 is 1.68 bits per heavy atom. The standard InChI is InChI=1S/C14H8F4O4/c15-11-7-10(5-6-12(11)22-14(16,17)18)21-13(20)8-1-3-9(19)4-2-8/h1-7,19H. The van der Waals surface area contributed by atoms with Crippen LogP contribution >= 0.6 is 0 Å². The summed E-state index contributed by atoms with van der Waals surface area (Å²) in [5, 5.41) is 9.08. The molecule has 4 nitrogen and oxygen atoms in total. The van der Waals surface area contributed by atoms with E-state index < -0.39 is 23.9 Å². The lowest BCUT2D eigenvalue weighted by Gasteiger charge is -2.10. The molecule has 0 unspecified atom stereocenters. The number of carbonyl (C=O) groups is 1. The largest absolute Gasteiger partial charge is 0.573 e. The molecular weight excluding hydrogens is 308 g/mol. The Hall–Kier alpha value is -2.77. The highest BCUT2D eigenvalue weighted by Crippen LogP contribution is 2.28. The fourth-order valence-corrected chi connectivity index (χ4v) is 1.52. The van der Waals surface area contributed by atoms with Crippen molar-refractivity contribution < 1.29 is 36.9 Å². The summed E-state index contributed by atoms with van der Waals surface area (Å²) in [4.78, 5) is 11.7. The minimum atomic E-state index is -5.02. The number of hydrogen-bond donors (Lipinski definition) is 1. The first-order valence-corrected chi connectivity index (χ1v) is 5.81. The van der Waals surface area contributed by atoms with E-state index >= 15 is 0 Å². The van der Waals surface area contributed by atoms with Gasteiger partial charge in [0.15, 0.2) is 11.6 Å². The molecule has 116 valence electrons. The highest BCUT2D eigenvalue weighted by atomic mass is 19.4. The maximum atomic E-state index is 13.4. The topological polar surface area (TPSA) is 55.8 Å². The molecule has 0 aliphatic carbocycles. The van der Waals surface area contributed by atoms with Gasteiger partial charge in [-0.2, -0.15) is 0 Å². The number of halogens is 4. The van der Waals surface area contributed by atoms with E-state index in [2.05, 4.69) is 4.74 Å². The molecule has 0 radical (unpaired) electrons. The fourth-order valence-electron chi connectivity index (χ4n) is 1.52. The van der Waals surface area contributed by atoms with Crippen LogP contribution in [0.15, 0.2) is 42.5 Å². The van der Waals surface area contributed by atoms with Gasteiger partial charge in [-0.15, -0.1) is 13.2 Å². The van der Waals surface area contributed by atoms with Gasteiger partial charge in [0.05, 0.1) is 5.56 Å². The van der Waals surface area contributed by atoms with E-state index in [0.717, 1.165) is 6.07 Å². The van der Waals surface area contributed by atoms with Crippen LogP contribution < -0.4 is 9.47 Å². The normalized spacial score (nSPS) is 11.1. The Labute approximate surface area is 121 Å². The van der Waals surface area contributed by atoms with Gasteiger partial charge in [0.2, 0.25) is 0 Å². The summed E-state index contributed by atoms with van der Waals surface area (Å²) in [5.74, 6) is -3.56. The van der Waals surface area contributed by atoms with Crippen LogP contribution in [0.3, 0.4) is 0 Å². The maximum Gasteiger partial charge on any atom is 0.573 e. The number of aromatic hydroxyl groups is 1. The van der Waals surface area contributed by atoms with Crippen molar-refractivity contribution in [2.45, 2.75) is 6.36 Å². The van der Waals surface area contributed by atoms with Crippen LogP contribution in [0.4, 0.5) is 17.6 Å². The molecule has 0 atom stereocenters. The molecule has 2 aromatic carbocycles. The summed E-state index contributed by atoms with van der Waals surface area (Å²) in [5.41, 5.74) is 0.0776. The average molecular weight is 316 g/mol. The molecule has 1 N–H and O–H groups in total. The molecule has 2 rings (SSSR count). The number of phenols is 1. The van der Waals surface area contributed by atoms with Gasteiger partial charge >= 0.3 is 12.3 Å². The second-order valence-electron chi connectivity index (χ2n) is 4.08. The molecule has 22 heavy (non-hydrogen) atoms. The van der Waals surface area contributed by atoms with Crippen molar-refractivity contribution in [3.05, 3.63) is 53.8 Å². The van der Waals surface area contributed by atoms with Crippen molar-refractivity contribution in [2.75, 3.05) is 0 Å². The van der Waals surface area contributed by atoms with E-state index in [4.69, 9.17) is 9.84 Å². The average Bonchev–Trinajstić information content (AvgIpc) is 2.41. The Balaban J connectivity index is 2.12. The van der Waals surface area contributed by atoms with E-state index in [9.17, 15) is 22.4 Å². The highest BCUT2D eigenvalue weighted by Gasteiger charge is 2.32. The summed E-state index contributed by atoms with van der Waals surface area (Å²) in [6, 6.07) is 7.29. The van der Waals surface area contributed by atoms with Crippen molar-refractivity contribution in [2.24, 2.45) is 0 Å². The molecule has 0 amide bonds. The predicted octanol–water partition coefficient (Wildman–Crippen LogP) is 3.65. The second-order valence-corrected chi connectivity index (χ2v) is 4.08. The van der Waals surface area contributed by atoms with Gasteiger partial charge in [0.1, 0.15) is 11.5 Å². The quantitative estimate of drug-likeness (QED) is 0.533. The van der Waals surface area contributed by atoms with E-state index in [-0.39, 0.29) is 17.1 Å². The van der Waals surface area contributed by atoms with E-state index in [1.54, 1.807) is 0 Å². The van der Waals surface area contributed by atoms with Crippen molar-refractivity contribution in [3.8, 4) is 17.2 Å². The van der Waals surface area contributed by atoms with Gasteiger partial charge in [-0.3, -0.25) is 0 Å². The van der Waals surface area contributed by atoms with Crippen LogP contribution in [-0.2, 0) is 0 Å². The summed E-state index contributed by atoms with van der Waals surface area (Å²) in [6.07, 6.45) is -5.02. The SMILES string of the molecule is O=C(Oc1ccc(OC(F)(F)F)c(F)c1)c1ccc(O)cc1. The van der Waals surface area contributed by atoms with Gasteiger partial charge in [-0.05, 0) is 36.4 Å². The van der Waals surface area contributed by atoms with E-state index in [1.807, 2.05) is 0 Å². The Morgan fingerprint density at radius 3 is 2.23 bits per heavy atom. The first-order chi connectivity index (χ1) is 10.2. The Bertz CT molecular complexity index is 680. The molecule has 0 aliphatic heterocycles. The third-order valence-electron chi connectivity index (χ3n) is 2.44. The molecule has 0 aromatic heterocycles. The molecule has 8 heteroatoms. The van der Waals surface area contributed by atoms with Crippen molar-refractivity contribution in [1.29, 1.82) is 0 Å². The van der Waals surface area contributed by atoms with Crippen LogP contribution in [-0.4, -0.2) is 17.4 Å². The number of benzene rings is 2. The van der Waals surface area contributed by atoms with Crippen molar-refractivity contribution in [1.82, 2.24) is 0 Å². The Kier molecular flexibility index (Phi) is 4.20. The Morgan fingerprint density at radius 1 is 1.05 bits per heavy atom. The molecule has 0 fully saturated rings. The van der Waals surface area contributed by atoms with Crippen LogP contribution in [0.2, 0.25) is 0 Å². The van der Waals surface area contributed by atoms with Crippen molar-refractivity contribution >= 4 is 5.97 Å². The number of esters is 1. The van der Waals surface area contributed by atoms with E-state index in [1.165, 1.54) is 24.3 Å². The van der Waals surface area contributed by atoms with Crippen LogP contribution in [0.5, 0.6) is 17.2 Å². The van der Waals surface area contributed by atoms with Crippen LogP contribution in [0, 0.1) is 5.82 Å². The minimum absolute atomic E-state index is 0.0590. The van der Waals surface area contributed by atoms with Gasteiger partial charge in [-0.1, -0.05) is 0 Å². The second kappa shape index (κ2) is 5.92. The minimum Gasteiger partial charge on any atom is -0.508 e. The number of ether oxygens (including phenoxy) is 2. The fraction of sp³-hybridized carbons (Fsp3) is 0.0714. The number of rotatable bonds is 3. The van der Waals surface area contributed by atoms with E-state index in [0.29, 0.717) is 12.1 Å². The molecular formula is C14H8F4O4. The summed E-state index contributed by atoms with van der Waals surface area (Å²) in [7, 11) is 0. The lowest BCUT2D eigenvalue weighted by molar-refractivity contribution is -0.275. The number of carbonyl (C=O) groups excluding carboxylic acids is 1. The summed E-state index contributed by atoms with van der Waals surface area (Å²) < 4.78 is 57.7. The number of phenolic OH excluding ortho intramolecular Hbond substituents is 1. The third kappa shape index (κ3) is 4.11. The zero-order valence-electron chi connectivity index (χ0n) is 10.7. The van der Waals surface area contributed by atoms with Crippen LogP contribution in [0.1, 0.15) is 10.4 Å². The highest BCUT2D eigenvalue weighted by molar-refractivity contribution is 5.91. The summed E-state index contributed by atoms with van der Waals surface area (Å²) >= 11 is 0. The van der Waals surface area contributed by atoms with Gasteiger partial charge in [-0.25, -0.2) is 9.18 Å². The smallest absolute Gasteiger partial charge is 0.508 e. The van der Waals surface area contributed by atoms with Gasteiger partial charge in [0.25, 0.3) is 0 Å². The zero-order valence-corrected chi connectivity index (χ0v) is 10.7. The van der Waals surface area contributed by atoms with Gasteiger partial charge < -0.3 is 14.6 Å². The molecule has 0 aliphatic rings. The lowest BCUT2D eigenvalue weighted by Crippen LogP contribution is -2.18.